The molecule has 0 bridgehead atoms. The second-order valence-electron chi connectivity index (χ2n) is 8.35. The summed E-state index contributed by atoms with van der Waals surface area (Å²) in [5, 5.41) is 2.70. The molecule has 0 amide bonds. The maximum Gasteiger partial charge on any atom is 0.123 e. The lowest BCUT2D eigenvalue weighted by atomic mass is 9.90. The Labute approximate surface area is 157 Å². The number of ether oxygens (including phenoxy) is 2. The molecule has 0 radical (unpaired) electrons. The van der Waals surface area contributed by atoms with Crippen molar-refractivity contribution in [1.82, 2.24) is 0 Å². The van der Waals surface area contributed by atoms with Crippen LogP contribution in [0.4, 0.5) is 0 Å². The lowest BCUT2D eigenvalue weighted by Gasteiger charge is -2.39. The van der Waals surface area contributed by atoms with Crippen molar-refractivity contribution < 1.29 is 14.3 Å². The molecule has 0 aromatic rings. The maximum absolute atomic E-state index is 11.2. The van der Waals surface area contributed by atoms with E-state index >= 15 is 0 Å². The third-order valence-corrected chi connectivity index (χ3v) is 10.7. The molecule has 0 aliphatic heterocycles. The molecule has 3 aliphatic rings. The van der Waals surface area contributed by atoms with E-state index in [1.807, 2.05) is 14.2 Å². The van der Waals surface area contributed by atoms with Crippen molar-refractivity contribution in [3.05, 3.63) is 0 Å². The first-order chi connectivity index (χ1) is 12.2. The zero-order valence-corrected chi connectivity index (χ0v) is 17.0. The molecule has 4 heteroatoms. The van der Waals surface area contributed by atoms with Crippen LogP contribution >= 0.6 is 0 Å². The van der Waals surface area contributed by atoms with Gasteiger partial charge in [0.1, 0.15) is 22.0 Å². The molecular weight excluding hydrogens is 332 g/mol. The van der Waals surface area contributed by atoms with Crippen molar-refractivity contribution in [2.75, 3.05) is 14.2 Å². The number of rotatable bonds is 6. The SMILES string of the molecule is COC1CCC([S+](C2CCC(C=O)CC2)C2CCC(OC)CC2)CC1. The highest BCUT2D eigenvalue weighted by Gasteiger charge is 2.47. The van der Waals surface area contributed by atoms with Crippen molar-refractivity contribution in [2.45, 2.75) is 105 Å². The van der Waals surface area contributed by atoms with Gasteiger partial charge in [0.2, 0.25) is 0 Å². The first kappa shape index (κ1) is 19.7. The van der Waals surface area contributed by atoms with Gasteiger partial charge in [-0.1, -0.05) is 0 Å². The molecule has 3 rings (SSSR count). The number of carbonyl (C=O) groups is 1. The Morgan fingerprint density at radius 2 is 1.00 bits per heavy atom. The van der Waals surface area contributed by atoms with Crippen molar-refractivity contribution in [3.8, 4) is 0 Å². The summed E-state index contributed by atoms with van der Waals surface area (Å²) in [5.74, 6) is 0.343. The Bertz CT molecular complexity index is 368. The quantitative estimate of drug-likeness (QED) is 0.518. The highest BCUT2D eigenvalue weighted by Crippen LogP contribution is 2.41. The molecule has 3 aliphatic carbocycles. The van der Waals surface area contributed by atoms with E-state index in [2.05, 4.69) is 0 Å². The molecule has 3 nitrogen and oxygen atoms in total. The van der Waals surface area contributed by atoms with Crippen LogP contribution in [-0.2, 0) is 25.2 Å². The minimum atomic E-state index is 0.343. The smallest absolute Gasteiger partial charge is 0.123 e. The van der Waals surface area contributed by atoms with Gasteiger partial charge in [0.15, 0.2) is 0 Å². The van der Waals surface area contributed by atoms with Gasteiger partial charge in [0.25, 0.3) is 0 Å². The fourth-order valence-corrected chi connectivity index (χ4v) is 9.48. The third-order valence-electron chi connectivity index (χ3n) is 6.98. The summed E-state index contributed by atoms with van der Waals surface area (Å²) in [6.45, 7) is 0. The summed E-state index contributed by atoms with van der Waals surface area (Å²) in [6, 6.07) is 0. The molecule has 25 heavy (non-hydrogen) atoms. The minimum absolute atomic E-state index is 0.343. The molecule has 0 N–H and O–H groups in total. The number of carbonyl (C=O) groups excluding carboxylic acids is 1. The van der Waals surface area contributed by atoms with Crippen LogP contribution in [0.3, 0.4) is 0 Å². The van der Waals surface area contributed by atoms with Crippen LogP contribution in [0.25, 0.3) is 0 Å². The Morgan fingerprint density at radius 1 is 0.640 bits per heavy atom. The number of methoxy groups -OCH3 is 2. The van der Waals surface area contributed by atoms with E-state index < -0.39 is 0 Å². The highest BCUT2D eigenvalue weighted by atomic mass is 32.2. The van der Waals surface area contributed by atoms with Crippen LogP contribution in [0, 0.1) is 5.92 Å². The Morgan fingerprint density at radius 3 is 1.32 bits per heavy atom. The molecule has 0 saturated heterocycles. The second kappa shape index (κ2) is 9.75. The van der Waals surface area contributed by atoms with E-state index in [9.17, 15) is 4.79 Å². The Hall–Kier alpha value is -0.0600. The fourth-order valence-electron chi connectivity index (χ4n) is 5.39. The summed E-state index contributed by atoms with van der Waals surface area (Å²) >= 11 is 0. The summed E-state index contributed by atoms with van der Waals surface area (Å²) in [6.07, 6.45) is 17.5. The van der Waals surface area contributed by atoms with E-state index in [1.54, 1.807) is 0 Å². The van der Waals surface area contributed by atoms with E-state index in [-0.39, 0.29) is 0 Å². The normalized spacial score (nSPS) is 41.2. The predicted molar refractivity (Wildman–Crippen MR) is 105 cm³/mol. The molecule has 0 aromatic heterocycles. The zero-order chi connectivity index (χ0) is 17.6. The first-order valence-corrected chi connectivity index (χ1v) is 11.9. The van der Waals surface area contributed by atoms with Gasteiger partial charge in [-0.15, -0.1) is 0 Å². The van der Waals surface area contributed by atoms with Gasteiger partial charge < -0.3 is 14.3 Å². The topological polar surface area (TPSA) is 35.5 Å². The van der Waals surface area contributed by atoms with Gasteiger partial charge in [-0.25, -0.2) is 0 Å². The standard InChI is InChI=1S/C21H37O3S/c1-23-17-5-11-20(12-6-17)25(19-9-3-16(15-22)4-10-19)21-13-7-18(24-2)8-14-21/h15-21H,3-14H2,1-2H3/q+1. The first-order valence-electron chi connectivity index (χ1n) is 10.5. The van der Waals surface area contributed by atoms with Gasteiger partial charge in [-0.2, -0.15) is 0 Å². The van der Waals surface area contributed by atoms with E-state index in [4.69, 9.17) is 9.47 Å². The van der Waals surface area contributed by atoms with Crippen molar-refractivity contribution in [2.24, 2.45) is 5.92 Å². The van der Waals surface area contributed by atoms with E-state index in [0.29, 0.717) is 29.0 Å². The number of aldehydes is 1. The predicted octanol–water partition coefficient (Wildman–Crippen LogP) is 4.28. The monoisotopic (exact) mass is 369 g/mol. The molecule has 3 saturated carbocycles. The molecule has 144 valence electrons. The van der Waals surface area contributed by atoms with Gasteiger partial charge in [0, 0.05) is 20.1 Å². The van der Waals surface area contributed by atoms with Crippen LogP contribution in [0.5, 0.6) is 0 Å². The van der Waals surface area contributed by atoms with E-state index in [1.165, 1.54) is 70.5 Å². The van der Waals surface area contributed by atoms with Crippen molar-refractivity contribution in [3.63, 3.8) is 0 Å². The second-order valence-corrected chi connectivity index (χ2v) is 11.2. The maximum atomic E-state index is 11.2. The molecule has 3 fully saturated rings. The van der Waals surface area contributed by atoms with Crippen LogP contribution in [0.15, 0.2) is 0 Å². The third kappa shape index (κ3) is 5.01. The molecular formula is C21H37O3S+. The minimum Gasteiger partial charge on any atom is -0.381 e. The van der Waals surface area contributed by atoms with E-state index in [0.717, 1.165) is 28.6 Å². The van der Waals surface area contributed by atoms with Crippen LogP contribution in [0.2, 0.25) is 0 Å². The average Bonchev–Trinajstić information content (AvgIpc) is 2.70. The molecule has 0 unspecified atom stereocenters. The Balaban J connectivity index is 1.65. The average molecular weight is 370 g/mol. The van der Waals surface area contributed by atoms with Gasteiger partial charge >= 0.3 is 0 Å². The van der Waals surface area contributed by atoms with Crippen molar-refractivity contribution >= 4 is 17.2 Å². The highest BCUT2D eigenvalue weighted by molar-refractivity contribution is 7.98. The Kier molecular flexibility index (Phi) is 7.68. The van der Waals surface area contributed by atoms with Gasteiger partial charge in [-0.3, -0.25) is 0 Å². The van der Waals surface area contributed by atoms with Crippen LogP contribution in [-0.4, -0.2) is 48.5 Å². The largest absolute Gasteiger partial charge is 0.381 e. The summed E-state index contributed by atoms with van der Waals surface area (Å²) in [5.41, 5.74) is 0. The number of hydrogen-bond acceptors (Lipinski definition) is 3. The van der Waals surface area contributed by atoms with Gasteiger partial charge in [-0.05, 0) is 87.9 Å². The zero-order valence-electron chi connectivity index (χ0n) is 16.2. The van der Waals surface area contributed by atoms with Gasteiger partial charge in [0.05, 0.1) is 12.2 Å². The molecule has 0 spiro atoms. The lowest BCUT2D eigenvalue weighted by Crippen LogP contribution is -2.46. The lowest BCUT2D eigenvalue weighted by molar-refractivity contribution is -0.111. The summed E-state index contributed by atoms with van der Waals surface area (Å²) < 4.78 is 11.2. The summed E-state index contributed by atoms with van der Waals surface area (Å²) in [7, 11) is 4.28. The van der Waals surface area contributed by atoms with Crippen LogP contribution in [0.1, 0.15) is 77.0 Å². The number of hydrogen-bond donors (Lipinski definition) is 0. The molecule has 0 atom stereocenters. The van der Waals surface area contributed by atoms with Crippen molar-refractivity contribution in [1.29, 1.82) is 0 Å². The molecule has 0 heterocycles. The molecule has 0 aromatic carbocycles. The summed E-state index contributed by atoms with van der Waals surface area (Å²) in [4.78, 5) is 11.2. The van der Waals surface area contributed by atoms with Crippen LogP contribution < -0.4 is 0 Å². The fraction of sp³-hybridized carbons (Fsp3) is 0.952.